The lowest BCUT2D eigenvalue weighted by Gasteiger charge is -2.10. The molecule has 0 spiro atoms. The summed E-state index contributed by atoms with van der Waals surface area (Å²) in [4.78, 5) is 23.8. The van der Waals surface area contributed by atoms with Gasteiger partial charge in [0.2, 0.25) is 11.8 Å². The second kappa shape index (κ2) is 10.7. The van der Waals surface area contributed by atoms with E-state index in [9.17, 15) is 14.0 Å². The predicted molar refractivity (Wildman–Crippen MR) is 106 cm³/mol. The van der Waals surface area contributed by atoms with Crippen LogP contribution in [0, 0.1) is 12.7 Å². The molecule has 27 heavy (non-hydrogen) atoms. The molecule has 0 atom stereocenters. The normalized spacial score (nSPS) is 10.3. The third kappa shape index (κ3) is 7.38. The van der Waals surface area contributed by atoms with Gasteiger partial charge in [0.25, 0.3) is 0 Å². The Morgan fingerprint density at radius 2 is 1.89 bits per heavy atom. The van der Waals surface area contributed by atoms with Crippen LogP contribution in [-0.4, -0.2) is 25.0 Å². The minimum Gasteiger partial charge on any atom is -0.491 e. The molecule has 0 aliphatic carbocycles. The van der Waals surface area contributed by atoms with Crippen molar-refractivity contribution in [2.75, 3.05) is 18.5 Å². The van der Waals surface area contributed by atoms with Crippen molar-refractivity contribution in [2.24, 2.45) is 0 Å². The van der Waals surface area contributed by atoms with Gasteiger partial charge in [0.05, 0.1) is 6.61 Å². The molecule has 0 aliphatic heterocycles. The Kier molecular flexibility index (Phi) is 8.26. The largest absolute Gasteiger partial charge is 0.491 e. The quantitative estimate of drug-likeness (QED) is 0.578. The molecule has 0 fully saturated rings. The van der Waals surface area contributed by atoms with Gasteiger partial charge in [0, 0.05) is 29.5 Å². The van der Waals surface area contributed by atoms with Gasteiger partial charge in [-0.05, 0) is 43.2 Å². The topological polar surface area (TPSA) is 67.4 Å². The van der Waals surface area contributed by atoms with Gasteiger partial charge in [-0.3, -0.25) is 9.59 Å². The van der Waals surface area contributed by atoms with Gasteiger partial charge in [-0.25, -0.2) is 4.39 Å². The van der Waals surface area contributed by atoms with E-state index in [2.05, 4.69) is 26.6 Å². The van der Waals surface area contributed by atoms with Gasteiger partial charge in [-0.1, -0.05) is 34.1 Å². The molecule has 7 heteroatoms. The summed E-state index contributed by atoms with van der Waals surface area (Å²) in [6, 6.07) is 11.8. The number of ether oxygens (including phenoxy) is 1. The van der Waals surface area contributed by atoms with Crippen molar-refractivity contribution in [3.05, 3.63) is 58.3 Å². The van der Waals surface area contributed by atoms with Crippen LogP contribution in [0.15, 0.2) is 46.9 Å². The highest BCUT2D eigenvalue weighted by atomic mass is 79.9. The van der Waals surface area contributed by atoms with Crippen LogP contribution in [0.5, 0.6) is 5.75 Å². The van der Waals surface area contributed by atoms with E-state index in [4.69, 9.17) is 4.74 Å². The van der Waals surface area contributed by atoms with Gasteiger partial charge >= 0.3 is 0 Å². The number of carbonyl (C=O) groups is 2. The zero-order valence-electron chi connectivity index (χ0n) is 15.1. The van der Waals surface area contributed by atoms with Crippen LogP contribution in [0.2, 0.25) is 0 Å². The summed E-state index contributed by atoms with van der Waals surface area (Å²) in [6.45, 7) is 2.41. The fourth-order valence-corrected chi connectivity index (χ4v) is 2.68. The number of halogens is 2. The van der Waals surface area contributed by atoms with Gasteiger partial charge in [-0.2, -0.15) is 0 Å². The molecule has 0 saturated carbocycles. The lowest BCUT2D eigenvalue weighted by Crippen LogP contribution is -2.27. The molecule has 2 aromatic rings. The smallest absolute Gasteiger partial charge is 0.226 e. The van der Waals surface area contributed by atoms with E-state index in [1.165, 1.54) is 6.07 Å². The maximum absolute atomic E-state index is 13.4. The summed E-state index contributed by atoms with van der Waals surface area (Å²) in [5.74, 6) is -0.580. The number of hydrogen-bond acceptors (Lipinski definition) is 3. The van der Waals surface area contributed by atoms with E-state index in [-0.39, 0.29) is 43.6 Å². The molecular weight excluding hydrogens is 415 g/mol. The summed E-state index contributed by atoms with van der Waals surface area (Å²) < 4.78 is 19.6. The number of aryl methyl sites for hydroxylation is 1. The molecule has 0 aromatic heterocycles. The van der Waals surface area contributed by atoms with Crippen molar-refractivity contribution >= 4 is 33.4 Å². The van der Waals surface area contributed by atoms with E-state index in [1.54, 1.807) is 18.2 Å². The van der Waals surface area contributed by atoms with Crippen molar-refractivity contribution in [1.82, 2.24) is 5.32 Å². The van der Waals surface area contributed by atoms with Crippen molar-refractivity contribution in [3.63, 3.8) is 0 Å². The van der Waals surface area contributed by atoms with Crippen LogP contribution in [0.3, 0.4) is 0 Å². The van der Waals surface area contributed by atoms with Gasteiger partial charge in [0.15, 0.2) is 11.6 Å². The summed E-state index contributed by atoms with van der Waals surface area (Å²) in [7, 11) is 0. The summed E-state index contributed by atoms with van der Waals surface area (Å²) in [6.07, 6.45) is 0.897. The SMILES string of the molecule is Cc1ccc(Br)cc1NC(=O)CCNC(=O)CCCOc1ccccc1F. The number of hydrogen-bond donors (Lipinski definition) is 2. The molecule has 5 nitrogen and oxygen atoms in total. The zero-order valence-corrected chi connectivity index (χ0v) is 16.6. The summed E-state index contributed by atoms with van der Waals surface area (Å²) in [5, 5.41) is 5.52. The van der Waals surface area contributed by atoms with Crippen LogP contribution in [-0.2, 0) is 9.59 Å². The fraction of sp³-hybridized carbons (Fsp3) is 0.300. The van der Waals surface area contributed by atoms with Gasteiger partial charge in [0.1, 0.15) is 0 Å². The van der Waals surface area contributed by atoms with E-state index >= 15 is 0 Å². The standard InChI is InChI=1S/C20H22BrFN2O3/c1-14-8-9-15(21)13-17(14)24-20(26)10-11-23-19(25)7-4-12-27-18-6-3-2-5-16(18)22/h2-3,5-6,8-9,13H,4,7,10-12H2,1H3,(H,23,25)(H,24,26). The fourth-order valence-electron chi connectivity index (χ4n) is 2.32. The van der Waals surface area contributed by atoms with Crippen LogP contribution in [0.4, 0.5) is 10.1 Å². The minimum atomic E-state index is -0.423. The molecule has 2 amide bonds. The van der Waals surface area contributed by atoms with Crippen molar-refractivity contribution in [1.29, 1.82) is 0 Å². The lowest BCUT2D eigenvalue weighted by molar-refractivity contribution is -0.121. The first-order chi connectivity index (χ1) is 13.0. The second-order valence-corrected chi connectivity index (χ2v) is 6.91. The van der Waals surface area contributed by atoms with Crippen molar-refractivity contribution < 1.29 is 18.7 Å². The first kappa shape index (κ1) is 20.9. The number of carbonyl (C=O) groups excluding carboxylic acids is 2. The number of amides is 2. The molecule has 0 bridgehead atoms. The highest BCUT2D eigenvalue weighted by molar-refractivity contribution is 9.10. The third-order valence-electron chi connectivity index (χ3n) is 3.79. The molecule has 0 aliphatic rings. The Morgan fingerprint density at radius 3 is 2.67 bits per heavy atom. The number of anilines is 1. The first-order valence-electron chi connectivity index (χ1n) is 8.66. The maximum atomic E-state index is 13.4. The molecule has 0 heterocycles. The number of rotatable bonds is 9. The first-order valence-corrected chi connectivity index (χ1v) is 9.45. The van der Waals surface area contributed by atoms with Crippen molar-refractivity contribution in [3.8, 4) is 5.75 Å². The highest BCUT2D eigenvalue weighted by Gasteiger charge is 2.07. The van der Waals surface area contributed by atoms with E-state index < -0.39 is 5.82 Å². The molecular formula is C20H22BrFN2O3. The maximum Gasteiger partial charge on any atom is 0.226 e. The molecule has 0 radical (unpaired) electrons. The Labute approximate surface area is 166 Å². The van der Waals surface area contributed by atoms with Crippen LogP contribution in [0.1, 0.15) is 24.8 Å². The second-order valence-electron chi connectivity index (χ2n) is 5.99. The lowest BCUT2D eigenvalue weighted by atomic mass is 10.2. The Bertz CT molecular complexity index is 799. The third-order valence-corrected chi connectivity index (χ3v) is 4.28. The number of nitrogens with one attached hydrogen (secondary N) is 2. The Hall–Kier alpha value is -2.41. The number of benzene rings is 2. The average molecular weight is 437 g/mol. The molecule has 0 unspecified atom stereocenters. The zero-order chi connectivity index (χ0) is 19.6. The molecule has 2 N–H and O–H groups in total. The van der Waals surface area contributed by atoms with Gasteiger partial charge in [-0.15, -0.1) is 0 Å². The predicted octanol–water partition coefficient (Wildman–Crippen LogP) is 4.20. The van der Waals surface area contributed by atoms with Crippen LogP contribution in [0.25, 0.3) is 0 Å². The average Bonchev–Trinajstić information content (AvgIpc) is 2.63. The molecule has 2 rings (SSSR count). The minimum absolute atomic E-state index is 0.167. The summed E-state index contributed by atoms with van der Waals surface area (Å²) in [5.41, 5.74) is 1.71. The number of para-hydroxylation sites is 1. The van der Waals surface area contributed by atoms with Crippen LogP contribution >= 0.6 is 15.9 Å². The molecule has 0 saturated heterocycles. The van der Waals surface area contributed by atoms with Crippen LogP contribution < -0.4 is 15.4 Å². The van der Waals surface area contributed by atoms with E-state index in [1.807, 2.05) is 25.1 Å². The highest BCUT2D eigenvalue weighted by Crippen LogP contribution is 2.20. The van der Waals surface area contributed by atoms with E-state index in [0.29, 0.717) is 6.42 Å². The van der Waals surface area contributed by atoms with Gasteiger partial charge < -0.3 is 15.4 Å². The van der Waals surface area contributed by atoms with Crippen molar-refractivity contribution in [2.45, 2.75) is 26.2 Å². The molecule has 2 aromatic carbocycles. The summed E-state index contributed by atoms with van der Waals surface area (Å²) >= 11 is 3.37. The molecule has 144 valence electrons. The van der Waals surface area contributed by atoms with E-state index in [0.717, 1.165) is 15.7 Å². The Balaban J connectivity index is 1.61. The Morgan fingerprint density at radius 1 is 1.11 bits per heavy atom. The monoisotopic (exact) mass is 436 g/mol.